The Morgan fingerprint density at radius 3 is 2.70 bits per heavy atom. The molecule has 228 valence electrons. The van der Waals surface area contributed by atoms with Crippen LogP contribution in [0.25, 0.3) is 26.9 Å². The number of fused-ring (bicyclic) bond motifs is 3. The van der Waals surface area contributed by atoms with Crippen molar-refractivity contribution in [1.29, 1.82) is 0 Å². The fourth-order valence-electron chi connectivity index (χ4n) is 7.89. The molecule has 1 aliphatic carbocycles. The number of carbonyl (C=O) groups excluding carboxylic acids is 1. The molecular weight excluding hydrogens is 557 g/mol. The van der Waals surface area contributed by atoms with Gasteiger partial charge in [-0.25, -0.2) is 11.0 Å². The van der Waals surface area contributed by atoms with E-state index in [1.807, 2.05) is 17.2 Å². The van der Waals surface area contributed by atoms with Crippen molar-refractivity contribution in [2.24, 2.45) is 0 Å². The number of ether oxygens (including phenoxy) is 1. The summed E-state index contributed by atoms with van der Waals surface area (Å²) in [6.45, 7) is 15.3. The molecule has 1 aromatic carbocycles. The van der Waals surface area contributed by atoms with Crippen molar-refractivity contribution >= 4 is 22.6 Å². The first kappa shape index (κ1) is 28.7. The fraction of sp³-hybridized carbons (Fsp3) is 0.500. The van der Waals surface area contributed by atoms with Gasteiger partial charge < -0.3 is 19.4 Å². The summed E-state index contributed by atoms with van der Waals surface area (Å²) in [6.07, 6.45) is 13.6. The van der Waals surface area contributed by atoms with E-state index in [9.17, 15) is 4.79 Å². The molecule has 1 atom stereocenters. The predicted octanol–water partition coefficient (Wildman–Crippen LogP) is 4.84. The van der Waals surface area contributed by atoms with Gasteiger partial charge in [0.25, 0.3) is 0 Å². The number of rotatable bonds is 7. The van der Waals surface area contributed by atoms with Gasteiger partial charge in [-0.2, -0.15) is 9.97 Å². The molecule has 4 aliphatic rings. The molecule has 0 unspecified atom stereocenters. The molecule has 7 rings (SSSR count). The van der Waals surface area contributed by atoms with E-state index in [0.29, 0.717) is 48.5 Å². The highest BCUT2D eigenvalue weighted by atomic mass is 19.1. The number of aryl methyl sites for hydroxylation is 1. The second-order valence-corrected chi connectivity index (χ2v) is 12.6. The van der Waals surface area contributed by atoms with E-state index < -0.39 is 0 Å². The van der Waals surface area contributed by atoms with E-state index in [2.05, 4.69) is 21.3 Å². The first-order valence-corrected chi connectivity index (χ1v) is 15.9. The molecule has 3 fully saturated rings. The van der Waals surface area contributed by atoms with Gasteiger partial charge in [0.2, 0.25) is 12.5 Å². The summed E-state index contributed by atoms with van der Waals surface area (Å²) in [5.41, 5.74) is 4.30. The van der Waals surface area contributed by atoms with E-state index in [1.165, 1.54) is 36.1 Å². The SMILES string of the molecule is [C-]#[N+]C[C@H]1CN(c2nc(OCC34CCCN3CCC4)nc3cc(-c4cncc5c4CCCC5)c(F)cc23)CCN1C(=O)C=C. The van der Waals surface area contributed by atoms with E-state index in [-0.39, 0.29) is 35.9 Å². The minimum atomic E-state index is -0.346. The van der Waals surface area contributed by atoms with Crippen molar-refractivity contribution in [2.75, 3.05) is 50.8 Å². The summed E-state index contributed by atoms with van der Waals surface area (Å²) in [4.78, 5) is 36.7. The van der Waals surface area contributed by atoms with Crippen LogP contribution < -0.4 is 9.64 Å². The summed E-state index contributed by atoms with van der Waals surface area (Å²) < 4.78 is 22.5. The van der Waals surface area contributed by atoms with Crippen LogP contribution in [-0.4, -0.2) is 88.1 Å². The number of amides is 1. The molecule has 3 aromatic rings. The number of pyridine rings is 1. The van der Waals surface area contributed by atoms with Gasteiger partial charge in [-0.05, 0) is 93.8 Å². The average molecular weight is 596 g/mol. The standard InChI is InChI=1S/C34H38FN7O2/c1-3-31(43)42-15-14-40(21-24(42)19-36-2)32-27-16-29(35)26(28-20-37-18-23-8-4-5-9-25(23)28)17-30(27)38-33(39-32)44-22-34-10-6-12-41(34)13-7-11-34/h3,16-18,20,24H,1,4-15,19,21-22H2/t24-/m0/s1. The maximum absolute atomic E-state index is 16.1. The summed E-state index contributed by atoms with van der Waals surface area (Å²) in [5, 5.41) is 0.586. The van der Waals surface area contributed by atoms with Crippen LogP contribution in [0.1, 0.15) is 49.7 Å². The number of hydrogen-bond acceptors (Lipinski definition) is 7. The molecule has 10 heteroatoms. The van der Waals surface area contributed by atoms with Crippen molar-refractivity contribution in [3.05, 3.63) is 65.5 Å². The molecule has 3 saturated heterocycles. The van der Waals surface area contributed by atoms with E-state index in [1.54, 1.807) is 11.1 Å². The third-order valence-electron chi connectivity index (χ3n) is 10.1. The Bertz CT molecular complexity index is 1640. The average Bonchev–Trinajstić information content (AvgIpc) is 3.64. The molecule has 5 heterocycles. The zero-order valence-corrected chi connectivity index (χ0v) is 25.1. The van der Waals surface area contributed by atoms with Crippen LogP contribution in [0.4, 0.5) is 10.2 Å². The number of piperazine rings is 1. The van der Waals surface area contributed by atoms with Gasteiger partial charge in [0, 0.05) is 48.5 Å². The number of aromatic nitrogens is 3. The maximum Gasteiger partial charge on any atom is 0.319 e. The topological polar surface area (TPSA) is 79.1 Å². The molecule has 1 amide bonds. The normalized spacial score (nSPS) is 21.1. The number of benzene rings is 1. The Kier molecular flexibility index (Phi) is 7.67. The Balaban J connectivity index is 1.30. The summed E-state index contributed by atoms with van der Waals surface area (Å²) in [5.74, 6) is 0.0280. The van der Waals surface area contributed by atoms with Crippen molar-refractivity contribution in [2.45, 2.75) is 62.9 Å². The molecule has 9 nitrogen and oxygen atoms in total. The van der Waals surface area contributed by atoms with Crippen molar-refractivity contribution in [3.63, 3.8) is 0 Å². The van der Waals surface area contributed by atoms with Gasteiger partial charge in [0.05, 0.1) is 11.1 Å². The van der Waals surface area contributed by atoms with Crippen LogP contribution in [0.5, 0.6) is 6.01 Å². The lowest BCUT2D eigenvalue weighted by atomic mass is 9.87. The zero-order valence-electron chi connectivity index (χ0n) is 25.1. The third-order valence-corrected chi connectivity index (χ3v) is 10.1. The van der Waals surface area contributed by atoms with Gasteiger partial charge in [-0.15, -0.1) is 0 Å². The second-order valence-electron chi connectivity index (χ2n) is 12.6. The Morgan fingerprint density at radius 1 is 1.09 bits per heavy atom. The monoisotopic (exact) mass is 595 g/mol. The zero-order chi connectivity index (χ0) is 30.3. The third kappa shape index (κ3) is 5.07. The fourth-order valence-corrected chi connectivity index (χ4v) is 7.89. The second kappa shape index (κ2) is 11.8. The molecule has 0 radical (unpaired) electrons. The quantitative estimate of drug-likeness (QED) is 0.286. The molecule has 0 N–H and O–H groups in total. The van der Waals surface area contributed by atoms with E-state index >= 15 is 4.39 Å². The lowest BCUT2D eigenvalue weighted by Crippen LogP contribution is -2.56. The largest absolute Gasteiger partial charge is 0.461 e. The lowest BCUT2D eigenvalue weighted by Gasteiger charge is -2.39. The number of carbonyl (C=O) groups is 1. The van der Waals surface area contributed by atoms with Crippen molar-refractivity contribution < 1.29 is 13.9 Å². The summed E-state index contributed by atoms with van der Waals surface area (Å²) in [7, 11) is 0. The predicted molar refractivity (Wildman–Crippen MR) is 167 cm³/mol. The smallest absolute Gasteiger partial charge is 0.319 e. The summed E-state index contributed by atoms with van der Waals surface area (Å²) in [6, 6.07) is 3.29. The van der Waals surface area contributed by atoms with E-state index in [4.69, 9.17) is 21.3 Å². The van der Waals surface area contributed by atoms with Crippen molar-refractivity contribution in [1.82, 2.24) is 24.8 Å². The first-order chi connectivity index (χ1) is 21.5. The molecule has 0 bridgehead atoms. The molecule has 0 saturated carbocycles. The van der Waals surface area contributed by atoms with Crippen LogP contribution in [0, 0.1) is 12.4 Å². The Hall–Kier alpha value is -4.10. The molecular formula is C34H38FN7O2. The van der Waals surface area contributed by atoms with E-state index in [0.717, 1.165) is 57.2 Å². The highest BCUT2D eigenvalue weighted by Crippen LogP contribution is 2.40. The molecule has 44 heavy (non-hydrogen) atoms. The number of halogens is 1. The van der Waals surface area contributed by atoms with Crippen LogP contribution in [0.2, 0.25) is 0 Å². The summed E-state index contributed by atoms with van der Waals surface area (Å²) >= 11 is 0. The first-order valence-electron chi connectivity index (χ1n) is 15.9. The van der Waals surface area contributed by atoms with Crippen LogP contribution in [0.3, 0.4) is 0 Å². The van der Waals surface area contributed by atoms with Crippen molar-refractivity contribution in [3.8, 4) is 17.1 Å². The highest BCUT2D eigenvalue weighted by Gasteiger charge is 2.45. The van der Waals surface area contributed by atoms with Gasteiger partial charge >= 0.3 is 6.01 Å². The lowest BCUT2D eigenvalue weighted by molar-refractivity contribution is -0.128. The Labute approximate surface area is 257 Å². The highest BCUT2D eigenvalue weighted by molar-refractivity contribution is 5.94. The number of nitrogens with zero attached hydrogens (tertiary/aromatic N) is 7. The van der Waals surface area contributed by atoms with Crippen LogP contribution in [0.15, 0.2) is 37.2 Å². The molecule has 2 aromatic heterocycles. The molecule has 3 aliphatic heterocycles. The van der Waals surface area contributed by atoms with Gasteiger partial charge in [0.15, 0.2) is 0 Å². The number of hydrogen-bond donors (Lipinski definition) is 0. The minimum Gasteiger partial charge on any atom is -0.461 e. The molecule has 0 spiro atoms. The van der Waals surface area contributed by atoms with Gasteiger partial charge in [0.1, 0.15) is 24.3 Å². The maximum atomic E-state index is 16.1. The van der Waals surface area contributed by atoms with Gasteiger partial charge in [-0.1, -0.05) is 6.58 Å². The minimum absolute atomic E-state index is 0.0264. The van der Waals surface area contributed by atoms with Crippen LogP contribution >= 0.6 is 0 Å². The van der Waals surface area contributed by atoms with Crippen LogP contribution in [-0.2, 0) is 17.6 Å². The Morgan fingerprint density at radius 2 is 1.91 bits per heavy atom. The number of anilines is 1. The van der Waals surface area contributed by atoms with Gasteiger partial charge in [-0.3, -0.25) is 14.7 Å².